The van der Waals surface area contributed by atoms with Crippen LogP contribution >= 0.6 is 11.3 Å². The lowest BCUT2D eigenvalue weighted by Crippen LogP contribution is -2.30. The molecule has 0 aliphatic rings. The van der Waals surface area contributed by atoms with Crippen molar-refractivity contribution in [3.05, 3.63) is 81.7 Å². The molecular weight excluding hydrogens is 400 g/mol. The van der Waals surface area contributed by atoms with Gasteiger partial charge in [-0.1, -0.05) is 23.8 Å². The zero-order chi connectivity index (χ0) is 21.5. The van der Waals surface area contributed by atoms with Crippen molar-refractivity contribution in [3.63, 3.8) is 0 Å². The van der Waals surface area contributed by atoms with Crippen molar-refractivity contribution in [2.24, 2.45) is 0 Å². The molecule has 3 rings (SSSR count). The number of hydrogen-bond acceptors (Lipinski definition) is 5. The first-order chi connectivity index (χ1) is 14.5. The Kier molecular flexibility index (Phi) is 6.87. The molecule has 0 saturated carbocycles. The zero-order valence-electron chi connectivity index (χ0n) is 16.9. The van der Waals surface area contributed by atoms with Crippen LogP contribution in [0.1, 0.15) is 20.8 Å². The molecule has 2 N–H and O–H groups in total. The maximum absolute atomic E-state index is 12.9. The Morgan fingerprint density at radius 3 is 2.33 bits per heavy atom. The fourth-order valence-corrected chi connectivity index (χ4v) is 3.34. The van der Waals surface area contributed by atoms with Crippen molar-refractivity contribution in [2.45, 2.75) is 6.92 Å². The van der Waals surface area contributed by atoms with Crippen molar-refractivity contribution in [2.75, 3.05) is 19.5 Å². The fraction of sp³-hybridized carbons (Fsp3) is 0.130. The van der Waals surface area contributed by atoms with Crippen LogP contribution in [0, 0.1) is 6.92 Å². The fourth-order valence-electron chi connectivity index (χ4n) is 2.68. The molecule has 0 spiro atoms. The average Bonchev–Trinajstić information content (AvgIpc) is 3.27. The molecule has 7 heteroatoms. The summed E-state index contributed by atoms with van der Waals surface area (Å²) >= 11 is 1.47. The van der Waals surface area contributed by atoms with Crippen molar-refractivity contribution in [1.82, 2.24) is 5.32 Å². The van der Waals surface area contributed by atoms with E-state index in [1.54, 1.807) is 24.3 Å². The van der Waals surface area contributed by atoms with Crippen LogP contribution in [0.3, 0.4) is 0 Å². The number of ether oxygens (including phenoxy) is 2. The summed E-state index contributed by atoms with van der Waals surface area (Å²) in [6, 6.07) is 16.0. The number of anilines is 1. The lowest BCUT2D eigenvalue weighted by atomic mass is 10.1. The molecule has 0 atom stereocenters. The SMILES string of the molecule is COc1ccc(C(=O)N/C(=C\c2cccs2)C(=O)Nc2ccc(C)cc2)cc1OC. The van der Waals surface area contributed by atoms with Gasteiger partial charge < -0.3 is 20.1 Å². The molecule has 0 aliphatic heterocycles. The van der Waals surface area contributed by atoms with Gasteiger partial charge in [-0.25, -0.2) is 0 Å². The molecule has 154 valence electrons. The van der Waals surface area contributed by atoms with Gasteiger partial charge in [0, 0.05) is 16.1 Å². The minimum Gasteiger partial charge on any atom is -0.493 e. The second-order valence-electron chi connectivity index (χ2n) is 6.42. The Morgan fingerprint density at radius 2 is 1.70 bits per heavy atom. The lowest BCUT2D eigenvalue weighted by molar-refractivity contribution is -0.113. The Morgan fingerprint density at radius 1 is 0.967 bits per heavy atom. The number of carbonyl (C=O) groups excluding carboxylic acids is 2. The molecule has 1 heterocycles. The molecule has 0 fully saturated rings. The predicted octanol–water partition coefficient (Wildman–Crippen LogP) is 4.48. The molecule has 2 amide bonds. The number of methoxy groups -OCH3 is 2. The Bertz CT molecular complexity index is 1060. The van der Waals surface area contributed by atoms with Gasteiger partial charge in [0.05, 0.1) is 14.2 Å². The van der Waals surface area contributed by atoms with Crippen LogP contribution in [0.25, 0.3) is 6.08 Å². The van der Waals surface area contributed by atoms with Crippen LogP contribution in [-0.2, 0) is 4.79 Å². The third-order valence-corrected chi connectivity index (χ3v) is 5.10. The van der Waals surface area contributed by atoms with Gasteiger partial charge in [-0.2, -0.15) is 0 Å². The smallest absolute Gasteiger partial charge is 0.272 e. The van der Waals surface area contributed by atoms with Crippen LogP contribution in [0.15, 0.2) is 65.7 Å². The minimum atomic E-state index is -0.433. The number of nitrogens with one attached hydrogen (secondary N) is 2. The summed E-state index contributed by atoms with van der Waals surface area (Å²) in [6.45, 7) is 1.97. The van der Waals surface area contributed by atoms with E-state index in [4.69, 9.17) is 9.47 Å². The van der Waals surface area contributed by atoms with Crippen molar-refractivity contribution in [1.29, 1.82) is 0 Å². The summed E-state index contributed by atoms with van der Waals surface area (Å²) in [4.78, 5) is 26.6. The third kappa shape index (κ3) is 5.27. The summed E-state index contributed by atoms with van der Waals surface area (Å²) in [5.41, 5.74) is 2.21. The molecule has 0 unspecified atom stereocenters. The summed E-state index contributed by atoms with van der Waals surface area (Å²) < 4.78 is 10.5. The summed E-state index contributed by atoms with van der Waals surface area (Å²) in [5.74, 6) is 0.0949. The molecule has 0 aliphatic carbocycles. The topological polar surface area (TPSA) is 76.7 Å². The van der Waals surface area contributed by atoms with Gasteiger partial charge in [-0.3, -0.25) is 9.59 Å². The van der Waals surface area contributed by atoms with Gasteiger partial charge in [0.2, 0.25) is 0 Å². The lowest BCUT2D eigenvalue weighted by Gasteiger charge is -2.13. The first kappa shape index (κ1) is 21.1. The van der Waals surface area contributed by atoms with Gasteiger partial charge in [-0.05, 0) is 54.8 Å². The highest BCUT2D eigenvalue weighted by Gasteiger charge is 2.17. The predicted molar refractivity (Wildman–Crippen MR) is 119 cm³/mol. The van der Waals surface area contributed by atoms with Gasteiger partial charge in [0.1, 0.15) is 5.70 Å². The monoisotopic (exact) mass is 422 g/mol. The van der Waals surface area contributed by atoms with Crippen LogP contribution in [0.5, 0.6) is 11.5 Å². The quantitative estimate of drug-likeness (QED) is 0.550. The highest BCUT2D eigenvalue weighted by molar-refractivity contribution is 7.10. The Balaban J connectivity index is 1.85. The number of thiophene rings is 1. The van der Waals surface area contributed by atoms with Crippen molar-refractivity contribution >= 4 is 34.9 Å². The van der Waals surface area contributed by atoms with E-state index in [2.05, 4.69) is 10.6 Å². The Hall–Kier alpha value is -3.58. The standard InChI is InChI=1S/C23H22N2O4S/c1-15-6-9-17(10-7-15)24-23(27)19(14-18-5-4-12-30-18)25-22(26)16-8-11-20(28-2)21(13-16)29-3/h4-14H,1-3H3,(H,24,27)(H,25,26)/b19-14-. The summed E-state index contributed by atoms with van der Waals surface area (Å²) in [7, 11) is 3.02. The third-order valence-electron chi connectivity index (χ3n) is 4.28. The van der Waals surface area contributed by atoms with E-state index in [0.29, 0.717) is 22.7 Å². The molecule has 0 saturated heterocycles. The van der Waals surface area contributed by atoms with E-state index in [-0.39, 0.29) is 5.70 Å². The number of aryl methyl sites for hydroxylation is 1. The van der Waals surface area contributed by atoms with E-state index in [9.17, 15) is 9.59 Å². The van der Waals surface area contributed by atoms with E-state index < -0.39 is 11.8 Å². The molecule has 1 aromatic heterocycles. The number of hydrogen-bond donors (Lipinski definition) is 2. The zero-order valence-corrected chi connectivity index (χ0v) is 17.7. The van der Waals surface area contributed by atoms with Crippen LogP contribution in [-0.4, -0.2) is 26.0 Å². The number of rotatable bonds is 7. The second-order valence-corrected chi connectivity index (χ2v) is 7.40. The van der Waals surface area contributed by atoms with Gasteiger partial charge in [0.15, 0.2) is 11.5 Å². The first-order valence-electron chi connectivity index (χ1n) is 9.16. The summed E-state index contributed by atoms with van der Waals surface area (Å²) in [5, 5.41) is 7.43. The van der Waals surface area contributed by atoms with E-state index in [1.165, 1.54) is 25.6 Å². The number of benzene rings is 2. The second kappa shape index (κ2) is 9.76. The van der Waals surface area contributed by atoms with Crippen molar-refractivity contribution < 1.29 is 19.1 Å². The highest BCUT2D eigenvalue weighted by Crippen LogP contribution is 2.27. The van der Waals surface area contributed by atoms with Crippen LogP contribution in [0.4, 0.5) is 5.69 Å². The minimum absolute atomic E-state index is 0.137. The average molecular weight is 423 g/mol. The maximum Gasteiger partial charge on any atom is 0.272 e. The first-order valence-corrected chi connectivity index (χ1v) is 10.0. The maximum atomic E-state index is 12.9. The molecule has 30 heavy (non-hydrogen) atoms. The molecule has 0 bridgehead atoms. The summed E-state index contributed by atoms with van der Waals surface area (Å²) in [6.07, 6.45) is 1.65. The molecular formula is C23H22N2O4S. The van der Waals surface area contributed by atoms with E-state index >= 15 is 0 Å². The van der Waals surface area contributed by atoms with E-state index in [0.717, 1.165) is 10.4 Å². The normalized spacial score (nSPS) is 11.0. The van der Waals surface area contributed by atoms with Crippen molar-refractivity contribution in [3.8, 4) is 11.5 Å². The van der Waals surface area contributed by atoms with Gasteiger partial charge >= 0.3 is 0 Å². The van der Waals surface area contributed by atoms with Gasteiger partial charge in [-0.15, -0.1) is 11.3 Å². The number of carbonyl (C=O) groups is 2. The molecule has 3 aromatic rings. The largest absolute Gasteiger partial charge is 0.493 e. The van der Waals surface area contributed by atoms with E-state index in [1.807, 2.05) is 48.7 Å². The molecule has 0 radical (unpaired) electrons. The Labute approximate surface area is 179 Å². The molecule has 2 aromatic carbocycles. The molecule has 6 nitrogen and oxygen atoms in total. The number of amides is 2. The van der Waals surface area contributed by atoms with Gasteiger partial charge in [0.25, 0.3) is 11.8 Å². The highest BCUT2D eigenvalue weighted by atomic mass is 32.1. The van der Waals surface area contributed by atoms with Crippen LogP contribution in [0.2, 0.25) is 0 Å². The van der Waals surface area contributed by atoms with Crippen LogP contribution < -0.4 is 20.1 Å².